The molecule has 174 valence electrons. The van der Waals surface area contributed by atoms with E-state index in [4.69, 9.17) is 0 Å². The van der Waals surface area contributed by atoms with E-state index >= 15 is 0 Å². The van der Waals surface area contributed by atoms with Crippen molar-refractivity contribution in [2.45, 2.75) is 12.0 Å². The fraction of sp³-hybridized carbons (Fsp3) is 0.259. The molecule has 6 nitrogen and oxygen atoms in total. The number of nitrogens with zero attached hydrogens (tertiary/aromatic N) is 2. The summed E-state index contributed by atoms with van der Waals surface area (Å²) in [4.78, 5) is 30.3. The Balaban J connectivity index is 1.27. The van der Waals surface area contributed by atoms with E-state index in [1.165, 1.54) is 12.1 Å². The summed E-state index contributed by atoms with van der Waals surface area (Å²) < 4.78 is 13.2. The van der Waals surface area contributed by atoms with E-state index in [2.05, 4.69) is 10.2 Å². The van der Waals surface area contributed by atoms with Crippen LogP contribution in [-0.4, -0.2) is 60.6 Å². The molecule has 34 heavy (non-hydrogen) atoms. The van der Waals surface area contributed by atoms with E-state index in [0.29, 0.717) is 26.2 Å². The van der Waals surface area contributed by atoms with E-state index in [9.17, 15) is 19.1 Å². The van der Waals surface area contributed by atoms with Crippen molar-refractivity contribution in [2.75, 3.05) is 37.7 Å². The lowest BCUT2D eigenvalue weighted by Crippen LogP contribution is -2.56. The van der Waals surface area contributed by atoms with Gasteiger partial charge in [-0.25, -0.2) is 4.39 Å². The first-order valence-corrected chi connectivity index (χ1v) is 11.5. The van der Waals surface area contributed by atoms with Gasteiger partial charge >= 0.3 is 0 Å². The molecule has 5 rings (SSSR count). The van der Waals surface area contributed by atoms with Gasteiger partial charge in [0, 0.05) is 31.9 Å². The van der Waals surface area contributed by atoms with E-state index in [1.54, 1.807) is 17.0 Å². The second-order valence-electron chi connectivity index (χ2n) is 8.64. The van der Waals surface area contributed by atoms with Crippen LogP contribution < -0.4 is 10.2 Å². The summed E-state index contributed by atoms with van der Waals surface area (Å²) in [6, 6.07) is 20.8. The number of carbonyl (C=O) groups is 2. The molecule has 2 amide bonds. The highest BCUT2D eigenvalue weighted by Gasteiger charge is 2.36. The Morgan fingerprint density at radius 2 is 1.44 bits per heavy atom. The number of carbonyl (C=O) groups excluding carboxylic acids is 2. The Kier molecular flexibility index (Phi) is 6.02. The minimum Gasteiger partial charge on any atom is -0.394 e. The zero-order valence-corrected chi connectivity index (χ0v) is 18.7. The second kappa shape index (κ2) is 9.27. The number of hydrogen-bond acceptors (Lipinski definition) is 4. The quantitative estimate of drug-likeness (QED) is 0.616. The number of aliphatic hydroxyl groups excluding tert-OH is 1. The average Bonchev–Trinajstić information content (AvgIpc) is 3.22. The lowest BCUT2D eigenvalue weighted by Gasteiger charge is -2.37. The Labute approximate surface area is 197 Å². The molecule has 1 heterocycles. The lowest BCUT2D eigenvalue weighted by molar-refractivity contribution is -0.138. The highest BCUT2D eigenvalue weighted by Crippen LogP contribution is 2.44. The van der Waals surface area contributed by atoms with Gasteiger partial charge in [0.1, 0.15) is 11.9 Å². The van der Waals surface area contributed by atoms with Crippen molar-refractivity contribution in [3.63, 3.8) is 0 Å². The minimum atomic E-state index is -1.01. The maximum atomic E-state index is 13.4. The molecule has 1 saturated heterocycles. The third kappa shape index (κ3) is 4.03. The standard InChI is InChI=1S/C27H26FN3O3/c28-18-9-11-19(12-10-18)30-13-15-31(16-14-30)27(34)24(17-32)29-26(33)25-22-7-3-1-5-20(22)21-6-2-4-8-23(21)25/h1-12,24-25,32H,13-17H2,(H,29,33)/t24-/m0/s1. The van der Waals surface area contributed by atoms with Gasteiger partial charge in [0.05, 0.1) is 12.5 Å². The van der Waals surface area contributed by atoms with Gasteiger partial charge in [0.25, 0.3) is 0 Å². The summed E-state index contributed by atoms with van der Waals surface area (Å²) >= 11 is 0. The number of halogens is 1. The number of nitrogens with one attached hydrogen (secondary N) is 1. The lowest BCUT2D eigenvalue weighted by atomic mass is 9.95. The molecule has 2 N–H and O–H groups in total. The van der Waals surface area contributed by atoms with E-state index < -0.39 is 18.6 Å². The molecule has 1 atom stereocenters. The van der Waals surface area contributed by atoms with Crippen molar-refractivity contribution in [1.82, 2.24) is 10.2 Å². The number of piperazine rings is 1. The van der Waals surface area contributed by atoms with Crippen LogP contribution in [0.4, 0.5) is 10.1 Å². The first-order chi connectivity index (χ1) is 16.6. The van der Waals surface area contributed by atoms with Crippen molar-refractivity contribution < 1.29 is 19.1 Å². The first kappa shape index (κ1) is 22.1. The summed E-state index contributed by atoms with van der Waals surface area (Å²) in [5, 5.41) is 12.8. The summed E-state index contributed by atoms with van der Waals surface area (Å²) in [6.45, 7) is 1.62. The summed E-state index contributed by atoms with van der Waals surface area (Å²) in [5.74, 6) is -1.40. The molecule has 3 aromatic rings. The molecule has 0 aromatic heterocycles. The van der Waals surface area contributed by atoms with Crippen molar-refractivity contribution in [3.05, 3.63) is 89.7 Å². The first-order valence-electron chi connectivity index (χ1n) is 11.5. The maximum absolute atomic E-state index is 13.4. The van der Waals surface area contributed by atoms with Gasteiger partial charge in [-0.3, -0.25) is 9.59 Å². The molecular formula is C27H26FN3O3. The van der Waals surface area contributed by atoms with Crippen LogP contribution in [0.15, 0.2) is 72.8 Å². The van der Waals surface area contributed by atoms with Gasteiger partial charge in [0.15, 0.2) is 0 Å². The van der Waals surface area contributed by atoms with Crippen molar-refractivity contribution in [2.24, 2.45) is 0 Å². The van der Waals surface area contributed by atoms with Crippen LogP contribution in [0, 0.1) is 5.82 Å². The van der Waals surface area contributed by atoms with Gasteiger partial charge in [-0.05, 0) is 46.5 Å². The van der Waals surface area contributed by atoms with Crippen LogP contribution in [-0.2, 0) is 9.59 Å². The van der Waals surface area contributed by atoms with E-state index in [-0.39, 0.29) is 17.6 Å². The van der Waals surface area contributed by atoms with Crippen molar-refractivity contribution >= 4 is 17.5 Å². The predicted molar refractivity (Wildman–Crippen MR) is 128 cm³/mol. The third-order valence-corrected chi connectivity index (χ3v) is 6.68. The number of anilines is 1. The summed E-state index contributed by atoms with van der Waals surface area (Å²) in [6.07, 6.45) is 0. The minimum absolute atomic E-state index is 0.286. The topological polar surface area (TPSA) is 72.9 Å². The van der Waals surface area contributed by atoms with Crippen LogP contribution in [0.1, 0.15) is 17.0 Å². The number of hydrogen-bond donors (Lipinski definition) is 2. The monoisotopic (exact) mass is 459 g/mol. The predicted octanol–water partition coefficient (Wildman–Crippen LogP) is 2.76. The molecule has 1 aliphatic heterocycles. The largest absolute Gasteiger partial charge is 0.394 e. The van der Waals surface area contributed by atoms with Gasteiger partial charge in [0.2, 0.25) is 11.8 Å². The fourth-order valence-electron chi connectivity index (χ4n) is 4.94. The second-order valence-corrected chi connectivity index (χ2v) is 8.64. The molecular weight excluding hydrogens is 433 g/mol. The summed E-state index contributed by atoms with van der Waals surface area (Å²) in [5.41, 5.74) is 4.74. The van der Waals surface area contributed by atoms with Crippen LogP contribution in [0.3, 0.4) is 0 Å². The number of amides is 2. The molecule has 7 heteroatoms. The van der Waals surface area contributed by atoms with Crippen LogP contribution >= 0.6 is 0 Å². The molecule has 2 aliphatic rings. The number of aliphatic hydroxyl groups is 1. The number of benzene rings is 3. The SMILES string of the molecule is O=C(N[C@@H](CO)C(=O)N1CCN(c2ccc(F)cc2)CC1)C1c2ccccc2-c2ccccc21. The van der Waals surface area contributed by atoms with E-state index in [0.717, 1.165) is 27.9 Å². The molecule has 0 bridgehead atoms. The fourth-order valence-corrected chi connectivity index (χ4v) is 4.94. The average molecular weight is 460 g/mol. The normalized spacial score (nSPS) is 16.1. The zero-order valence-electron chi connectivity index (χ0n) is 18.7. The zero-order chi connectivity index (χ0) is 23.7. The van der Waals surface area contributed by atoms with Crippen molar-refractivity contribution in [1.29, 1.82) is 0 Å². The molecule has 0 radical (unpaired) electrons. The Hall–Kier alpha value is -3.71. The molecule has 1 fully saturated rings. The van der Waals surface area contributed by atoms with Crippen molar-refractivity contribution in [3.8, 4) is 11.1 Å². The van der Waals surface area contributed by atoms with Crippen LogP contribution in [0.5, 0.6) is 0 Å². The summed E-state index contributed by atoms with van der Waals surface area (Å²) in [7, 11) is 0. The van der Waals surface area contributed by atoms with Gasteiger partial charge in [-0.1, -0.05) is 48.5 Å². The highest BCUT2D eigenvalue weighted by molar-refractivity contribution is 5.98. The molecule has 1 aliphatic carbocycles. The number of rotatable bonds is 5. The molecule has 0 saturated carbocycles. The van der Waals surface area contributed by atoms with Gasteiger partial charge < -0.3 is 20.2 Å². The van der Waals surface area contributed by atoms with Gasteiger partial charge in [-0.15, -0.1) is 0 Å². The van der Waals surface area contributed by atoms with Crippen LogP contribution in [0.2, 0.25) is 0 Å². The molecule has 3 aromatic carbocycles. The Morgan fingerprint density at radius 3 is 2.00 bits per heavy atom. The van der Waals surface area contributed by atoms with E-state index in [1.807, 2.05) is 48.5 Å². The highest BCUT2D eigenvalue weighted by atomic mass is 19.1. The van der Waals surface area contributed by atoms with Crippen LogP contribution in [0.25, 0.3) is 11.1 Å². The number of fused-ring (bicyclic) bond motifs is 3. The third-order valence-electron chi connectivity index (χ3n) is 6.68. The molecule has 0 unspecified atom stereocenters. The van der Waals surface area contributed by atoms with Gasteiger partial charge in [-0.2, -0.15) is 0 Å². The smallest absolute Gasteiger partial charge is 0.247 e. The Bertz CT molecular complexity index is 1160. The maximum Gasteiger partial charge on any atom is 0.247 e. The molecule has 0 spiro atoms. The Morgan fingerprint density at radius 1 is 0.882 bits per heavy atom.